The molecule has 0 bridgehead atoms. The summed E-state index contributed by atoms with van der Waals surface area (Å²) in [7, 11) is 0. The monoisotopic (exact) mass is 424 g/mol. The van der Waals surface area contributed by atoms with Crippen molar-refractivity contribution in [3.8, 4) is 0 Å². The summed E-state index contributed by atoms with van der Waals surface area (Å²) in [5.41, 5.74) is 2.47. The lowest BCUT2D eigenvalue weighted by Crippen LogP contribution is -2.47. The number of amides is 1. The van der Waals surface area contributed by atoms with Gasteiger partial charge in [-0.15, -0.1) is 11.3 Å². The molecule has 1 unspecified atom stereocenters. The lowest BCUT2D eigenvalue weighted by atomic mass is 10.0. The van der Waals surface area contributed by atoms with Crippen LogP contribution in [0.3, 0.4) is 0 Å². The van der Waals surface area contributed by atoms with Gasteiger partial charge < -0.3 is 20.7 Å². The molecule has 1 fully saturated rings. The summed E-state index contributed by atoms with van der Waals surface area (Å²) in [5, 5.41) is 9.54. The Bertz CT molecular complexity index is 643. The van der Waals surface area contributed by atoms with E-state index in [-0.39, 0.29) is 5.91 Å². The van der Waals surface area contributed by atoms with Crippen LogP contribution in [0, 0.1) is 12.8 Å². The number of hydrogen-bond donors (Lipinski definition) is 3. The summed E-state index contributed by atoms with van der Waals surface area (Å²) in [6, 6.07) is 0.420. The van der Waals surface area contributed by atoms with Crippen LogP contribution < -0.4 is 16.0 Å². The fourth-order valence-electron chi connectivity index (χ4n) is 3.32. The molecule has 1 aliphatic heterocycles. The molecule has 1 aromatic heterocycles. The Morgan fingerprint density at radius 1 is 1.28 bits per heavy atom. The van der Waals surface area contributed by atoms with Crippen molar-refractivity contribution >= 4 is 23.2 Å². The number of guanidine groups is 1. The predicted octanol–water partition coefficient (Wildman–Crippen LogP) is 1.48. The smallest absolute Gasteiger partial charge is 0.263 e. The van der Waals surface area contributed by atoms with Gasteiger partial charge in [0.15, 0.2) is 5.96 Å². The second kappa shape index (κ2) is 12.8. The van der Waals surface area contributed by atoms with Crippen molar-refractivity contribution in [2.24, 2.45) is 10.9 Å². The molecular weight excluding hydrogens is 388 g/mol. The number of aromatic nitrogens is 1. The van der Waals surface area contributed by atoms with Gasteiger partial charge >= 0.3 is 0 Å². The number of rotatable bonds is 10. The highest BCUT2D eigenvalue weighted by molar-refractivity contribution is 7.11. The van der Waals surface area contributed by atoms with Gasteiger partial charge in [0, 0.05) is 38.8 Å². The fraction of sp³-hybridized carbons (Fsp3) is 0.750. The van der Waals surface area contributed by atoms with E-state index in [1.54, 1.807) is 5.51 Å². The summed E-state index contributed by atoms with van der Waals surface area (Å²) in [5.74, 6) is 1.34. The van der Waals surface area contributed by atoms with Crippen LogP contribution in [0.15, 0.2) is 10.5 Å². The van der Waals surface area contributed by atoms with Crippen LogP contribution in [0.2, 0.25) is 0 Å². The molecule has 1 aliphatic rings. The molecule has 1 saturated heterocycles. The van der Waals surface area contributed by atoms with Gasteiger partial charge in [-0.05, 0) is 26.2 Å². The van der Waals surface area contributed by atoms with E-state index in [0.717, 1.165) is 57.5 Å². The van der Waals surface area contributed by atoms with Crippen molar-refractivity contribution in [3.63, 3.8) is 0 Å². The number of hydrogen-bond acceptors (Lipinski definition) is 6. The number of morpholine rings is 1. The van der Waals surface area contributed by atoms with Crippen molar-refractivity contribution in [2.45, 2.75) is 40.2 Å². The van der Waals surface area contributed by atoms with E-state index in [4.69, 9.17) is 9.73 Å². The highest BCUT2D eigenvalue weighted by Gasteiger charge is 2.21. The average molecular weight is 425 g/mol. The molecule has 9 heteroatoms. The quantitative estimate of drug-likeness (QED) is 0.299. The Morgan fingerprint density at radius 3 is 2.62 bits per heavy atom. The number of nitrogens with one attached hydrogen (secondary N) is 3. The van der Waals surface area contributed by atoms with Crippen LogP contribution in [0.1, 0.15) is 42.6 Å². The largest absolute Gasteiger partial charge is 0.379 e. The second-order valence-electron chi connectivity index (χ2n) is 7.60. The third kappa shape index (κ3) is 8.28. The van der Waals surface area contributed by atoms with E-state index in [0.29, 0.717) is 29.9 Å². The molecule has 1 aromatic rings. The lowest BCUT2D eigenvalue weighted by molar-refractivity contribution is 0.0143. The Balaban J connectivity index is 1.83. The zero-order valence-corrected chi connectivity index (χ0v) is 19.0. The zero-order chi connectivity index (χ0) is 21.1. The van der Waals surface area contributed by atoms with E-state index >= 15 is 0 Å². The highest BCUT2D eigenvalue weighted by atomic mass is 32.1. The molecule has 2 rings (SSSR count). The van der Waals surface area contributed by atoms with Crippen LogP contribution in [0.25, 0.3) is 0 Å². The van der Waals surface area contributed by atoms with Gasteiger partial charge in [-0.25, -0.2) is 4.98 Å². The first-order chi connectivity index (χ1) is 14.0. The Labute approximate surface area is 178 Å². The summed E-state index contributed by atoms with van der Waals surface area (Å²) in [4.78, 5) is 24.3. The first kappa shape index (κ1) is 23.6. The molecule has 3 N–H and O–H groups in total. The number of carbonyl (C=O) groups is 1. The maximum absolute atomic E-state index is 12.2. The summed E-state index contributed by atoms with van der Waals surface area (Å²) < 4.78 is 5.50. The molecule has 0 spiro atoms. The molecule has 0 aromatic carbocycles. The van der Waals surface area contributed by atoms with Crippen LogP contribution in [-0.2, 0) is 4.74 Å². The van der Waals surface area contributed by atoms with Crippen molar-refractivity contribution in [1.82, 2.24) is 25.8 Å². The van der Waals surface area contributed by atoms with Crippen molar-refractivity contribution in [1.29, 1.82) is 0 Å². The van der Waals surface area contributed by atoms with E-state index in [9.17, 15) is 4.79 Å². The molecule has 1 amide bonds. The van der Waals surface area contributed by atoms with Gasteiger partial charge in [0.05, 0.1) is 31.0 Å². The van der Waals surface area contributed by atoms with Crippen molar-refractivity contribution in [2.75, 3.05) is 52.5 Å². The van der Waals surface area contributed by atoms with Gasteiger partial charge in [0.25, 0.3) is 5.91 Å². The van der Waals surface area contributed by atoms with Gasteiger partial charge in [-0.3, -0.25) is 14.7 Å². The topological polar surface area (TPSA) is 90.9 Å². The molecule has 2 heterocycles. The van der Waals surface area contributed by atoms with E-state index in [1.807, 2.05) is 6.92 Å². The minimum Gasteiger partial charge on any atom is -0.379 e. The average Bonchev–Trinajstić information content (AvgIpc) is 3.14. The molecule has 8 nitrogen and oxygen atoms in total. The number of carbonyl (C=O) groups excluding carboxylic acids is 1. The lowest BCUT2D eigenvalue weighted by Gasteiger charge is -2.34. The van der Waals surface area contributed by atoms with Gasteiger partial charge in [0.1, 0.15) is 4.88 Å². The van der Waals surface area contributed by atoms with Gasteiger partial charge in [-0.2, -0.15) is 0 Å². The predicted molar refractivity (Wildman–Crippen MR) is 119 cm³/mol. The molecule has 164 valence electrons. The number of aliphatic imine (C=N–C) groups is 1. The minimum atomic E-state index is -0.0712. The molecule has 1 atom stereocenters. The maximum Gasteiger partial charge on any atom is 0.263 e. The number of nitrogens with zero attached hydrogens (tertiary/aromatic N) is 3. The Morgan fingerprint density at radius 2 is 2.00 bits per heavy atom. The maximum atomic E-state index is 12.2. The van der Waals surface area contributed by atoms with Crippen LogP contribution >= 0.6 is 11.3 Å². The fourth-order valence-corrected chi connectivity index (χ4v) is 4.04. The summed E-state index contributed by atoms with van der Waals surface area (Å²) >= 11 is 1.37. The number of ether oxygens (including phenoxy) is 1. The molecule has 0 radical (unpaired) electrons. The van der Waals surface area contributed by atoms with Crippen molar-refractivity contribution < 1.29 is 9.53 Å². The molecule has 0 saturated carbocycles. The second-order valence-corrected chi connectivity index (χ2v) is 8.46. The van der Waals surface area contributed by atoms with E-state index in [2.05, 4.69) is 46.6 Å². The van der Waals surface area contributed by atoms with Gasteiger partial charge in [-0.1, -0.05) is 13.8 Å². The summed E-state index contributed by atoms with van der Waals surface area (Å²) in [6.45, 7) is 14.7. The third-order valence-electron chi connectivity index (χ3n) is 4.76. The third-order valence-corrected chi connectivity index (χ3v) is 5.69. The number of thiazole rings is 1. The molecular formula is C20H36N6O2S. The molecule has 29 heavy (non-hydrogen) atoms. The number of aryl methyl sites for hydroxylation is 1. The summed E-state index contributed by atoms with van der Waals surface area (Å²) in [6.07, 6.45) is 1.12. The SMILES string of the molecule is CCNC(=NCC(CC(C)C)N1CCOCC1)NCCNC(=O)c1scnc1C. The Hall–Kier alpha value is -1.71. The van der Waals surface area contributed by atoms with Crippen LogP contribution in [-0.4, -0.2) is 80.3 Å². The molecule has 0 aliphatic carbocycles. The van der Waals surface area contributed by atoms with Crippen LogP contribution in [0.4, 0.5) is 0 Å². The normalized spacial score (nSPS) is 16.7. The van der Waals surface area contributed by atoms with E-state index < -0.39 is 0 Å². The minimum absolute atomic E-state index is 0.0712. The van der Waals surface area contributed by atoms with Crippen molar-refractivity contribution in [3.05, 3.63) is 16.1 Å². The van der Waals surface area contributed by atoms with Gasteiger partial charge in [0.2, 0.25) is 0 Å². The van der Waals surface area contributed by atoms with E-state index in [1.165, 1.54) is 11.3 Å². The van der Waals surface area contributed by atoms with Crippen LogP contribution in [0.5, 0.6) is 0 Å². The standard InChI is InChI=1S/C20H36N6O2S/c1-5-21-20(23-7-6-22-19(27)18-16(4)25-14-29-18)24-13-17(12-15(2)3)26-8-10-28-11-9-26/h14-15,17H,5-13H2,1-4H3,(H,22,27)(H2,21,23,24). The highest BCUT2D eigenvalue weighted by Crippen LogP contribution is 2.14. The zero-order valence-electron chi connectivity index (χ0n) is 18.2. The first-order valence-electron chi connectivity index (χ1n) is 10.5. The Kier molecular flexibility index (Phi) is 10.4. The first-order valence-corrected chi connectivity index (χ1v) is 11.4.